The predicted molar refractivity (Wildman–Crippen MR) is 94.2 cm³/mol. The van der Waals surface area contributed by atoms with Crippen molar-refractivity contribution in [2.75, 3.05) is 11.4 Å². The Morgan fingerprint density at radius 3 is 2.74 bits per heavy atom. The number of hydrogen-bond donors (Lipinski definition) is 0. The number of rotatable bonds is 2. The topological polar surface area (TPSA) is 20.3 Å². The Hall–Kier alpha value is -2.07. The van der Waals surface area contributed by atoms with Crippen molar-refractivity contribution in [2.24, 2.45) is 0 Å². The molecule has 1 amide bonds. The van der Waals surface area contributed by atoms with E-state index in [9.17, 15) is 9.18 Å². The lowest BCUT2D eigenvalue weighted by Gasteiger charge is -2.20. The Morgan fingerprint density at radius 2 is 1.96 bits per heavy atom. The zero-order valence-corrected chi connectivity index (χ0v) is 13.7. The van der Waals surface area contributed by atoms with E-state index in [1.165, 1.54) is 12.1 Å². The Labute approximate surface area is 140 Å². The molecule has 0 bridgehead atoms. The van der Waals surface area contributed by atoms with Gasteiger partial charge in [-0.2, -0.15) is 0 Å². The van der Waals surface area contributed by atoms with E-state index in [4.69, 9.17) is 0 Å². The van der Waals surface area contributed by atoms with Gasteiger partial charge in [0.25, 0.3) is 5.91 Å². The number of halogens is 1. The van der Waals surface area contributed by atoms with Crippen LogP contribution in [0.4, 0.5) is 10.1 Å². The number of nitrogens with zero attached hydrogens (tertiary/aromatic N) is 1. The van der Waals surface area contributed by atoms with E-state index < -0.39 is 0 Å². The van der Waals surface area contributed by atoms with Gasteiger partial charge in [-0.1, -0.05) is 31.2 Å². The summed E-state index contributed by atoms with van der Waals surface area (Å²) < 4.78 is 12.9. The SMILES string of the molecule is CC1CCN(C(=O)/C=C/c2ccc(F)cc2)c2ccccc2S1. The monoisotopic (exact) mass is 327 g/mol. The second-order valence-electron chi connectivity index (χ2n) is 5.56. The molecule has 4 heteroatoms. The van der Waals surface area contributed by atoms with Crippen LogP contribution in [-0.2, 0) is 4.79 Å². The minimum Gasteiger partial charge on any atom is -0.308 e. The lowest BCUT2D eigenvalue weighted by molar-refractivity contribution is -0.114. The van der Waals surface area contributed by atoms with Crippen LogP contribution < -0.4 is 4.90 Å². The van der Waals surface area contributed by atoms with Crippen molar-refractivity contribution in [3.63, 3.8) is 0 Å². The van der Waals surface area contributed by atoms with Crippen LogP contribution in [0.15, 0.2) is 59.5 Å². The molecule has 0 aliphatic carbocycles. The second kappa shape index (κ2) is 7.01. The summed E-state index contributed by atoms with van der Waals surface area (Å²) in [5.74, 6) is -0.322. The molecule has 0 spiro atoms. The van der Waals surface area contributed by atoms with Crippen LogP contribution in [0.2, 0.25) is 0 Å². The molecule has 0 radical (unpaired) electrons. The summed E-state index contributed by atoms with van der Waals surface area (Å²) in [6.45, 7) is 2.89. The molecule has 118 valence electrons. The number of benzene rings is 2. The molecule has 2 nitrogen and oxygen atoms in total. The van der Waals surface area contributed by atoms with Gasteiger partial charge in [0.1, 0.15) is 5.82 Å². The highest BCUT2D eigenvalue weighted by Crippen LogP contribution is 2.37. The largest absolute Gasteiger partial charge is 0.308 e. The first-order chi connectivity index (χ1) is 11.1. The van der Waals surface area contributed by atoms with Crippen LogP contribution in [0, 0.1) is 5.82 Å². The van der Waals surface area contributed by atoms with Crippen LogP contribution in [0.3, 0.4) is 0 Å². The second-order valence-corrected chi connectivity index (χ2v) is 7.04. The number of fused-ring (bicyclic) bond motifs is 1. The van der Waals surface area contributed by atoms with Gasteiger partial charge in [-0.15, -0.1) is 11.8 Å². The van der Waals surface area contributed by atoms with Crippen LogP contribution in [0.5, 0.6) is 0 Å². The van der Waals surface area contributed by atoms with Gasteiger partial charge in [0.15, 0.2) is 0 Å². The van der Waals surface area contributed by atoms with Gasteiger partial charge in [-0.3, -0.25) is 4.79 Å². The summed E-state index contributed by atoms with van der Waals surface area (Å²) in [6.07, 6.45) is 4.24. The van der Waals surface area contributed by atoms with Gasteiger partial charge in [-0.05, 0) is 42.3 Å². The number of amides is 1. The third-order valence-electron chi connectivity index (χ3n) is 3.80. The number of anilines is 1. The van der Waals surface area contributed by atoms with Gasteiger partial charge in [0.05, 0.1) is 5.69 Å². The normalized spacial score (nSPS) is 17.8. The van der Waals surface area contributed by atoms with Gasteiger partial charge in [0.2, 0.25) is 0 Å². The van der Waals surface area contributed by atoms with Crippen molar-refractivity contribution >= 4 is 29.4 Å². The van der Waals surface area contributed by atoms with Crippen LogP contribution in [0.25, 0.3) is 6.08 Å². The summed E-state index contributed by atoms with van der Waals surface area (Å²) in [4.78, 5) is 15.6. The summed E-state index contributed by atoms with van der Waals surface area (Å²) in [6, 6.07) is 14.1. The highest BCUT2D eigenvalue weighted by Gasteiger charge is 2.22. The molecule has 3 rings (SSSR count). The van der Waals surface area contributed by atoms with Crippen molar-refractivity contribution in [3.05, 3.63) is 66.0 Å². The molecule has 1 aliphatic rings. The van der Waals surface area contributed by atoms with Crippen LogP contribution >= 0.6 is 11.8 Å². The quantitative estimate of drug-likeness (QED) is 0.742. The predicted octanol–water partition coefficient (Wildman–Crippen LogP) is 4.76. The summed E-state index contributed by atoms with van der Waals surface area (Å²) >= 11 is 1.81. The Morgan fingerprint density at radius 1 is 1.22 bits per heavy atom. The molecule has 2 aromatic rings. The van der Waals surface area contributed by atoms with E-state index in [0.717, 1.165) is 22.6 Å². The lowest BCUT2D eigenvalue weighted by Crippen LogP contribution is -2.30. The molecule has 0 saturated heterocycles. The minimum atomic E-state index is -0.277. The van der Waals surface area contributed by atoms with Gasteiger partial charge in [-0.25, -0.2) is 4.39 Å². The van der Waals surface area contributed by atoms with Gasteiger partial charge in [0, 0.05) is 22.8 Å². The Balaban J connectivity index is 1.82. The maximum atomic E-state index is 12.9. The van der Waals surface area contributed by atoms with E-state index in [0.29, 0.717) is 11.8 Å². The third kappa shape index (κ3) is 3.82. The molecular weight excluding hydrogens is 309 g/mol. The summed E-state index contributed by atoms with van der Waals surface area (Å²) in [5, 5.41) is 0.482. The Kier molecular flexibility index (Phi) is 4.82. The van der Waals surface area contributed by atoms with E-state index in [1.807, 2.05) is 34.9 Å². The standard InChI is InChI=1S/C19H18FNOS/c1-14-12-13-21(17-4-2-3-5-18(17)23-14)19(22)11-8-15-6-9-16(20)10-7-15/h2-11,14H,12-13H2,1H3/b11-8+. The number of thioether (sulfide) groups is 1. The molecule has 0 N–H and O–H groups in total. The molecule has 23 heavy (non-hydrogen) atoms. The zero-order chi connectivity index (χ0) is 16.2. The molecule has 1 unspecified atom stereocenters. The molecular formula is C19H18FNOS. The molecule has 0 saturated carbocycles. The molecule has 1 aliphatic heterocycles. The maximum absolute atomic E-state index is 12.9. The first-order valence-electron chi connectivity index (χ1n) is 7.64. The van der Waals surface area contributed by atoms with Gasteiger partial charge < -0.3 is 4.90 Å². The fourth-order valence-electron chi connectivity index (χ4n) is 2.55. The van der Waals surface area contributed by atoms with Gasteiger partial charge >= 0.3 is 0 Å². The van der Waals surface area contributed by atoms with E-state index >= 15 is 0 Å². The third-order valence-corrected chi connectivity index (χ3v) is 5.04. The minimum absolute atomic E-state index is 0.0449. The van der Waals surface area contributed by atoms with Crippen molar-refractivity contribution in [1.29, 1.82) is 0 Å². The Bertz CT molecular complexity index is 726. The fraction of sp³-hybridized carbons (Fsp3) is 0.211. The molecule has 2 aromatic carbocycles. The highest BCUT2D eigenvalue weighted by atomic mass is 32.2. The first-order valence-corrected chi connectivity index (χ1v) is 8.52. The van der Waals surface area contributed by atoms with E-state index in [1.54, 1.807) is 24.3 Å². The zero-order valence-electron chi connectivity index (χ0n) is 12.9. The number of carbonyl (C=O) groups is 1. The maximum Gasteiger partial charge on any atom is 0.251 e. The number of hydrogen-bond acceptors (Lipinski definition) is 2. The average molecular weight is 327 g/mol. The van der Waals surface area contributed by atoms with Crippen LogP contribution in [-0.4, -0.2) is 17.7 Å². The molecule has 1 heterocycles. The number of para-hydroxylation sites is 1. The highest BCUT2D eigenvalue weighted by molar-refractivity contribution is 8.00. The fourth-order valence-corrected chi connectivity index (χ4v) is 3.66. The smallest absolute Gasteiger partial charge is 0.251 e. The average Bonchev–Trinajstić information content (AvgIpc) is 2.72. The van der Waals surface area contributed by atoms with E-state index in [-0.39, 0.29) is 11.7 Å². The summed E-state index contributed by atoms with van der Waals surface area (Å²) in [7, 11) is 0. The van der Waals surface area contributed by atoms with Crippen molar-refractivity contribution in [2.45, 2.75) is 23.5 Å². The van der Waals surface area contributed by atoms with E-state index in [2.05, 4.69) is 13.0 Å². The van der Waals surface area contributed by atoms with Crippen molar-refractivity contribution < 1.29 is 9.18 Å². The molecule has 1 atom stereocenters. The molecule has 0 fully saturated rings. The lowest BCUT2D eigenvalue weighted by atomic mass is 10.2. The summed E-state index contributed by atoms with van der Waals surface area (Å²) in [5.41, 5.74) is 1.78. The first kappa shape index (κ1) is 15.8. The van der Waals surface area contributed by atoms with Crippen molar-refractivity contribution in [1.82, 2.24) is 0 Å². The number of carbonyl (C=O) groups excluding carboxylic acids is 1. The molecule has 0 aromatic heterocycles. The van der Waals surface area contributed by atoms with Crippen molar-refractivity contribution in [3.8, 4) is 0 Å². The van der Waals surface area contributed by atoms with Crippen LogP contribution in [0.1, 0.15) is 18.9 Å².